The van der Waals surface area contributed by atoms with Gasteiger partial charge in [-0.3, -0.25) is 0 Å². The molecule has 6 nitrogen and oxygen atoms in total. The zero-order chi connectivity index (χ0) is 21.7. The number of hydrogen-bond acceptors (Lipinski definition) is 4. The molecule has 30 heavy (non-hydrogen) atoms. The van der Waals surface area contributed by atoms with E-state index in [0.717, 1.165) is 32.5 Å². The predicted molar refractivity (Wildman–Crippen MR) is 126 cm³/mol. The molecule has 1 aromatic heterocycles. The second kappa shape index (κ2) is 15.5. The van der Waals surface area contributed by atoms with Crippen molar-refractivity contribution in [3.63, 3.8) is 0 Å². The summed E-state index contributed by atoms with van der Waals surface area (Å²) in [5, 5.41) is 6.52. The van der Waals surface area contributed by atoms with E-state index in [-0.39, 0.29) is 42.4 Å². The van der Waals surface area contributed by atoms with E-state index in [0.29, 0.717) is 18.1 Å². The number of aliphatic imine (C=N–C) groups is 1. The summed E-state index contributed by atoms with van der Waals surface area (Å²) in [4.78, 5) is 10.8. The Balaban J connectivity index is 0.00000841. The molecule has 1 unspecified atom stereocenters. The zero-order valence-corrected chi connectivity index (χ0v) is 20.6. The largest absolute Gasteiger partial charge is 0.468 e. The summed E-state index contributed by atoms with van der Waals surface area (Å²) in [6, 6.07) is 3.54. The van der Waals surface area contributed by atoms with E-state index in [1.807, 2.05) is 6.92 Å². The van der Waals surface area contributed by atoms with Crippen LogP contribution in [0.3, 0.4) is 0 Å². The Labute approximate surface area is 195 Å². The fourth-order valence-corrected chi connectivity index (χ4v) is 2.78. The molecular formula is C20H35F3IN5O. The number of hydrogen-bond donors (Lipinski definition) is 2. The van der Waals surface area contributed by atoms with Gasteiger partial charge in [-0.2, -0.15) is 13.2 Å². The van der Waals surface area contributed by atoms with E-state index in [4.69, 9.17) is 4.74 Å². The highest BCUT2D eigenvalue weighted by Crippen LogP contribution is 2.20. The summed E-state index contributed by atoms with van der Waals surface area (Å²) < 4.78 is 42.1. The van der Waals surface area contributed by atoms with Crippen LogP contribution >= 0.6 is 24.0 Å². The number of pyridine rings is 1. The lowest BCUT2D eigenvalue weighted by atomic mass is 10.2. The minimum atomic E-state index is -4.41. The third kappa shape index (κ3) is 12.4. The number of nitrogens with one attached hydrogen (secondary N) is 2. The highest BCUT2D eigenvalue weighted by Gasteiger charge is 2.29. The van der Waals surface area contributed by atoms with Gasteiger partial charge in [-0.15, -0.1) is 24.0 Å². The van der Waals surface area contributed by atoms with Gasteiger partial charge in [0.2, 0.25) is 5.88 Å². The Morgan fingerprint density at radius 3 is 2.57 bits per heavy atom. The zero-order valence-electron chi connectivity index (χ0n) is 18.3. The third-order valence-electron chi connectivity index (χ3n) is 4.36. The Morgan fingerprint density at radius 2 is 1.97 bits per heavy atom. The molecule has 0 aromatic carbocycles. The first-order chi connectivity index (χ1) is 13.8. The van der Waals surface area contributed by atoms with Gasteiger partial charge in [-0.1, -0.05) is 19.9 Å². The van der Waals surface area contributed by atoms with Crippen LogP contribution in [0.5, 0.6) is 5.88 Å². The van der Waals surface area contributed by atoms with Crippen molar-refractivity contribution in [1.29, 1.82) is 0 Å². The normalized spacial score (nSPS) is 13.0. The molecule has 0 fully saturated rings. The second-order valence-corrected chi connectivity index (χ2v) is 6.78. The second-order valence-electron chi connectivity index (χ2n) is 6.78. The number of ether oxygens (including phenoxy) is 1. The van der Waals surface area contributed by atoms with Gasteiger partial charge in [-0.25, -0.2) is 9.98 Å². The van der Waals surface area contributed by atoms with Gasteiger partial charge in [-0.05, 0) is 52.4 Å². The van der Waals surface area contributed by atoms with E-state index in [2.05, 4.69) is 46.3 Å². The summed E-state index contributed by atoms with van der Waals surface area (Å²) in [5.41, 5.74) is 0.503. The molecule has 2 N–H and O–H groups in total. The van der Waals surface area contributed by atoms with Crippen LogP contribution in [-0.4, -0.2) is 60.8 Å². The van der Waals surface area contributed by atoms with Gasteiger partial charge in [0.05, 0.1) is 6.54 Å². The van der Waals surface area contributed by atoms with E-state index in [1.165, 1.54) is 6.20 Å². The molecule has 1 aromatic rings. The molecule has 0 radical (unpaired) electrons. The van der Waals surface area contributed by atoms with Gasteiger partial charge in [0.25, 0.3) is 0 Å². The molecule has 1 rings (SSSR count). The summed E-state index contributed by atoms with van der Waals surface area (Å²) in [6.07, 6.45) is -0.934. The van der Waals surface area contributed by atoms with Crippen LogP contribution in [0.1, 0.15) is 46.1 Å². The van der Waals surface area contributed by atoms with Crippen molar-refractivity contribution < 1.29 is 17.9 Å². The van der Waals surface area contributed by atoms with Gasteiger partial charge in [0, 0.05) is 24.3 Å². The molecule has 0 amide bonds. The van der Waals surface area contributed by atoms with Crippen molar-refractivity contribution >= 4 is 29.9 Å². The number of nitrogens with zero attached hydrogens (tertiary/aromatic N) is 3. The number of alkyl halides is 3. The van der Waals surface area contributed by atoms with Gasteiger partial charge < -0.3 is 20.3 Å². The van der Waals surface area contributed by atoms with Crippen molar-refractivity contribution in [1.82, 2.24) is 20.5 Å². The Hall–Kier alpha value is -1.30. The lowest BCUT2D eigenvalue weighted by Crippen LogP contribution is -2.42. The quantitative estimate of drug-likeness (QED) is 0.234. The molecule has 10 heteroatoms. The lowest BCUT2D eigenvalue weighted by Gasteiger charge is -2.21. The summed E-state index contributed by atoms with van der Waals surface area (Å²) in [5.74, 6) is 0.574. The van der Waals surface area contributed by atoms with Gasteiger partial charge >= 0.3 is 6.18 Å². The average Bonchev–Trinajstić information content (AvgIpc) is 2.68. The van der Waals surface area contributed by atoms with Crippen LogP contribution in [0.2, 0.25) is 0 Å². The van der Waals surface area contributed by atoms with Gasteiger partial charge in [0.1, 0.15) is 0 Å². The van der Waals surface area contributed by atoms with E-state index >= 15 is 0 Å². The predicted octanol–water partition coefficient (Wildman–Crippen LogP) is 4.21. The van der Waals surface area contributed by atoms with Crippen LogP contribution in [0.15, 0.2) is 23.3 Å². The maximum atomic E-state index is 12.4. The van der Waals surface area contributed by atoms with E-state index < -0.39 is 12.8 Å². The summed E-state index contributed by atoms with van der Waals surface area (Å²) in [6.45, 7) is 11.0. The molecule has 1 heterocycles. The maximum Gasteiger partial charge on any atom is 0.422 e. The monoisotopic (exact) mass is 545 g/mol. The van der Waals surface area contributed by atoms with Crippen LogP contribution in [0.4, 0.5) is 13.2 Å². The standard InChI is InChI=1S/C20H34F3N5O.HI/c1-5-24-19(27-16(4)10-9-13-28(6-2)7-3)26-14-17-11-8-12-25-18(17)29-15-20(21,22)23;/h8,11-12,16H,5-7,9-10,13-15H2,1-4H3,(H2,24,26,27);1H. The number of halogens is 4. The topological polar surface area (TPSA) is 61.8 Å². The molecule has 0 aliphatic heterocycles. The third-order valence-corrected chi connectivity index (χ3v) is 4.36. The van der Waals surface area contributed by atoms with E-state index in [1.54, 1.807) is 12.1 Å². The molecule has 0 bridgehead atoms. The van der Waals surface area contributed by atoms with Crippen molar-refractivity contribution in [3.8, 4) is 5.88 Å². The van der Waals surface area contributed by atoms with Crippen LogP contribution in [0.25, 0.3) is 0 Å². The summed E-state index contributed by atoms with van der Waals surface area (Å²) >= 11 is 0. The number of guanidine groups is 1. The first-order valence-corrected chi connectivity index (χ1v) is 10.2. The smallest absolute Gasteiger partial charge is 0.422 e. The average molecular weight is 545 g/mol. The molecular weight excluding hydrogens is 510 g/mol. The van der Waals surface area contributed by atoms with Crippen molar-refractivity contribution in [2.45, 2.75) is 59.3 Å². The van der Waals surface area contributed by atoms with E-state index in [9.17, 15) is 13.2 Å². The van der Waals surface area contributed by atoms with Crippen molar-refractivity contribution in [2.75, 3.05) is 32.8 Å². The lowest BCUT2D eigenvalue weighted by molar-refractivity contribution is -0.154. The molecule has 0 saturated carbocycles. The molecule has 0 aliphatic rings. The number of rotatable bonds is 12. The minimum absolute atomic E-state index is 0. The first kappa shape index (κ1) is 28.7. The molecule has 1 atom stereocenters. The highest BCUT2D eigenvalue weighted by atomic mass is 127. The van der Waals surface area contributed by atoms with Crippen LogP contribution in [0, 0.1) is 0 Å². The van der Waals surface area contributed by atoms with Crippen LogP contribution in [-0.2, 0) is 6.54 Å². The van der Waals surface area contributed by atoms with Crippen molar-refractivity contribution in [3.05, 3.63) is 23.9 Å². The van der Waals surface area contributed by atoms with Crippen molar-refractivity contribution in [2.24, 2.45) is 4.99 Å². The maximum absolute atomic E-state index is 12.4. The van der Waals surface area contributed by atoms with Crippen LogP contribution < -0.4 is 15.4 Å². The molecule has 0 spiro atoms. The SMILES string of the molecule is CCNC(=NCc1cccnc1OCC(F)(F)F)NC(C)CCCN(CC)CC.I. The fourth-order valence-electron chi connectivity index (χ4n) is 2.78. The number of aromatic nitrogens is 1. The first-order valence-electron chi connectivity index (χ1n) is 10.2. The Kier molecular flexibility index (Phi) is 14.8. The molecule has 174 valence electrons. The van der Waals surface area contributed by atoms with Gasteiger partial charge in [0.15, 0.2) is 12.6 Å². The Bertz CT molecular complexity index is 612. The summed E-state index contributed by atoms with van der Waals surface area (Å²) in [7, 11) is 0. The minimum Gasteiger partial charge on any atom is -0.468 e. The molecule has 0 aliphatic carbocycles. The molecule has 0 saturated heterocycles. The highest BCUT2D eigenvalue weighted by molar-refractivity contribution is 14.0. The fraction of sp³-hybridized carbons (Fsp3) is 0.700. The Morgan fingerprint density at radius 1 is 1.27 bits per heavy atom.